The topological polar surface area (TPSA) is 22.1 Å². The Labute approximate surface area is 93.4 Å². The van der Waals surface area contributed by atoms with E-state index in [2.05, 4.69) is 20.9 Å². The number of ether oxygens (including phenoxy) is 1. The minimum absolute atomic E-state index is 0.0377. The average molecular weight is 287 g/mol. The molecule has 1 aromatic rings. The lowest BCUT2D eigenvalue weighted by Crippen LogP contribution is -2.00. The SMILES string of the molecule is COc1cnc(Br)c(C(F)F)c1CCl. The summed E-state index contributed by atoms with van der Waals surface area (Å²) in [5.74, 6) is 0.239. The van der Waals surface area contributed by atoms with Gasteiger partial charge in [-0.3, -0.25) is 0 Å². The zero-order valence-corrected chi connectivity index (χ0v) is 9.57. The third-order valence-electron chi connectivity index (χ3n) is 1.71. The molecular formula is C8H7BrClF2NO. The number of nitrogens with zero attached hydrogens (tertiary/aromatic N) is 1. The molecule has 0 radical (unpaired) electrons. The maximum absolute atomic E-state index is 12.6. The first-order valence-electron chi connectivity index (χ1n) is 3.67. The van der Waals surface area contributed by atoms with E-state index in [1.54, 1.807) is 0 Å². The molecule has 0 aromatic carbocycles. The number of rotatable bonds is 3. The van der Waals surface area contributed by atoms with Gasteiger partial charge in [0, 0.05) is 5.56 Å². The summed E-state index contributed by atoms with van der Waals surface area (Å²) in [7, 11) is 1.39. The van der Waals surface area contributed by atoms with Crippen molar-refractivity contribution in [1.29, 1.82) is 0 Å². The monoisotopic (exact) mass is 285 g/mol. The Bertz CT molecular complexity index is 335. The van der Waals surface area contributed by atoms with Crippen LogP contribution in [-0.4, -0.2) is 12.1 Å². The highest BCUT2D eigenvalue weighted by Gasteiger charge is 2.20. The smallest absolute Gasteiger partial charge is 0.266 e. The van der Waals surface area contributed by atoms with E-state index in [-0.39, 0.29) is 27.4 Å². The molecule has 78 valence electrons. The lowest BCUT2D eigenvalue weighted by atomic mass is 10.1. The number of hydrogen-bond acceptors (Lipinski definition) is 2. The maximum atomic E-state index is 12.6. The van der Waals surface area contributed by atoms with Crippen molar-refractivity contribution >= 4 is 27.5 Å². The Balaban J connectivity index is 3.35. The number of pyridine rings is 1. The number of hydrogen-bond donors (Lipinski definition) is 0. The maximum Gasteiger partial charge on any atom is 0.266 e. The largest absolute Gasteiger partial charge is 0.495 e. The van der Waals surface area contributed by atoms with Crippen LogP contribution in [0.4, 0.5) is 8.78 Å². The molecule has 1 aromatic heterocycles. The summed E-state index contributed by atoms with van der Waals surface area (Å²) < 4.78 is 30.2. The molecule has 14 heavy (non-hydrogen) atoms. The van der Waals surface area contributed by atoms with Crippen LogP contribution >= 0.6 is 27.5 Å². The van der Waals surface area contributed by atoms with E-state index in [0.717, 1.165) is 0 Å². The second kappa shape index (κ2) is 4.89. The summed E-state index contributed by atoms with van der Waals surface area (Å²) in [5, 5.41) is 0. The summed E-state index contributed by atoms with van der Waals surface area (Å²) in [4.78, 5) is 3.73. The van der Waals surface area contributed by atoms with Crippen LogP contribution in [0.15, 0.2) is 10.8 Å². The zero-order valence-electron chi connectivity index (χ0n) is 7.23. The van der Waals surface area contributed by atoms with Crippen LogP contribution < -0.4 is 4.74 Å². The highest BCUT2D eigenvalue weighted by Crippen LogP contribution is 2.34. The fraction of sp³-hybridized carbons (Fsp3) is 0.375. The molecule has 0 unspecified atom stereocenters. The molecule has 0 amide bonds. The Morgan fingerprint density at radius 1 is 1.64 bits per heavy atom. The molecule has 0 saturated carbocycles. The molecule has 0 spiro atoms. The van der Waals surface area contributed by atoms with Gasteiger partial charge in [-0.15, -0.1) is 11.6 Å². The number of aromatic nitrogens is 1. The van der Waals surface area contributed by atoms with Gasteiger partial charge < -0.3 is 4.74 Å². The molecular weight excluding hydrogens is 279 g/mol. The van der Waals surface area contributed by atoms with E-state index in [1.165, 1.54) is 13.3 Å². The number of methoxy groups -OCH3 is 1. The second-order valence-electron chi connectivity index (χ2n) is 2.44. The molecule has 0 N–H and O–H groups in total. The summed E-state index contributed by atoms with van der Waals surface area (Å²) >= 11 is 8.52. The van der Waals surface area contributed by atoms with Gasteiger partial charge in [0.2, 0.25) is 0 Å². The van der Waals surface area contributed by atoms with Crippen LogP contribution in [-0.2, 0) is 5.88 Å². The standard InChI is InChI=1S/C8H7BrClF2NO/c1-14-5-3-13-7(9)6(8(11)12)4(5)2-10/h3,8H,2H2,1H3. The van der Waals surface area contributed by atoms with Crippen molar-refractivity contribution in [1.82, 2.24) is 4.98 Å². The molecule has 0 saturated heterocycles. The molecule has 0 atom stereocenters. The quantitative estimate of drug-likeness (QED) is 0.626. The first-order chi connectivity index (χ1) is 6.61. The molecule has 0 aliphatic heterocycles. The minimum Gasteiger partial charge on any atom is -0.495 e. The van der Waals surface area contributed by atoms with Gasteiger partial charge in [0.25, 0.3) is 6.43 Å². The summed E-state index contributed by atoms with van der Waals surface area (Å²) in [6, 6.07) is 0. The lowest BCUT2D eigenvalue weighted by molar-refractivity contribution is 0.148. The molecule has 1 heterocycles. The van der Waals surface area contributed by atoms with Gasteiger partial charge in [0.1, 0.15) is 10.4 Å². The molecule has 0 fully saturated rings. The predicted octanol–water partition coefficient (Wildman–Crippen LogP) is 3.53. The van der Waals surface area contributed by atoms with Crippen molar-refractivity contribution in [3.05, 3.63) is 21.9 Å². The summed E-state index contributed by atoms with van der Waals surface area (Å²) in [6.07, 6.45) is -1.27. The van der Waals surface area contributed by atoms with Gasteiger partial charge in [-0.25, -0.2) is 13.8 Å². The van der Waals surface area contributed by atoms with Gasteiger partial charge in [-0.05, 0) is 15.9 Å². The van der Waals surface area contributed by atoms with Crippen LogP contribution in [0, 0.1) is 0 Å². The number of alkyl halides is 3. The van der Waals surface area contributed by atoms with Crippen molar-refractivity contribution in [3.8, 4) is 5.75 Å². The third-order valence-corrected chi connectivity index (χ3v) is 2.61. The zero-order chi connectivity index (χ0) is 10.7. The average Bonchev–Trinajstić information content (AvgIpc) is 2.16. The van der Waals surface area contributed by atoms with E-state index in [0.29, 0.717) is 0 Å². The van der Waals surface area contributed by atoms with Crippen LogP contribution in [0.3, 0.4) is 0 Å². The van der Waals surface area contributed by atoms with E-state index in [1.807, 2.05) is 0 Å². The predicted molar refractivity (Wildman–Crippen MR) is 53.0 cm³/mol. The van der Waals surface area contributed by atoms with Crippen LogP contribution in [0.2, 0.25) is 0 Å². The third kappa shape index (κ3) is 2.15. The Hall–Kier alpha value is -0.420. The van der Waals surface area contributed by atoms with Crippen LogP contribution in [0.1, 0.15) is 17.6 Å². The van der Waals surface area contributed by atoms with Crippen molar-refractivity contribution in [2.24, 2.45) is 0 Å². The Morgan fingerprint density at radius 3 is 2.71 bits per heavy atom. The molecule has 6 heteroatoms. The van der Waals surface area contributed by atoms with Gasteiger partial charge in [-0.1, -0.05) is 0 Å². The Kier molecular flexibility index (Phi) is 4.07. The normalized spacial score (nSPS) is 10.7. The van der Waals surface area contributed by atoms with E-state index < -0.39 is 6.43 Å². The fourth-order valence-electron chi connectivity index (χ4n) is 1.06. The first kappa shape index (κ1) is 11.7. The van der Waals surface area contributed by atoms with Crippen molar-refractivity contribution in [2.45, 2.75) is 12.3 Å². The second-order valence-corrected chi connectivity index (χ2v) is 3.46. The van der Waals surface area contributed by atoms with Gasteiger partial charge in [-0.2, -0.15) is 0 Å². The number of halogens is 4. The van der Waals surface area contributed by atoms with Gasteiger partial charge >= 0.3 is 0 Å². The van der Waals surface area contributed by atoms with Gasteiger partial charge in [0.15, 0.2) is 0 Å². The van der Waals surface area contributed by atoms with Crippen LogP contribution in [0.25, 0.3) is 0 Å². The molecule has 1 rings (SSSR count). The van der Waals surface area contributed by atoms with E-state index in [9.17, 15) is 8.78 Å². The van der Waals surface area contributed by atoms with Crippen molar-refractivity contribution in [2.75, 3.05) is 7.11 Å². The molecule has 0 aliphatic carbocycles. The summed E-state index contributed by atoms with van der Waals surface area (Å²) in [6.45, 7) is 0. The highest BCUT2D eigenvalue weighted by molar-refractivity contribution is 9.10. The van der Waals surface area contributed by atoms with E-state index in [4.69, 9.17) is 16.3 Å². The van der Waals surface area contributed by atoms with E-state index >= 15 is 0 Å². The van der Waals surface area contributed by atoms with Crippen LogP contribution in [0.5, 0.6) is 5.75 Å². The van der Waals surface area contributed by atoms with Gasteiger partial charge in [0.05, 0.1) is 24.8 Å². The lowest BCUT2D eigenvalue weighted by Gasteiger charge is -2.11. The Morgan fingerprint density at radius 2 is 2.29 bits per heavy atom. The fourth-order valence-corrected chi connectivity index (χ4v) is 1.85. The molecule has 2 nitrogen and oxygen atoms in total. The first-order valence-corrected chi connectivity index (χ1v) is 5.00. The van der Waals surface area contributed by atoms with Crippen molar-refractivity contribution < 1.29 is 13.5 Å². The summed E-state index contributed by atoms with van der Waals surface area (Å²) in [5.41, 5.74) is 0.0605. The molecule has 0 bridgehead atoms. The highest BCUT2D eigenvalue weighted by atomic mass is 79.9. The molecule has 0 aliphatic rings. The van der Waals surface area contributed by atoms with Crippen molar-refractivity contribution in [3.63, 3.8) is 0 Å². The minimum atomic E-state index is -2.62.